The number of carbonyl (C=O) groups is 1. The van der Waals surface area contributed by atoms with Crippen molar-refractivity contribution in [3.8, 4) is 11.5 Å². The molecule has 3 aromatic rings. The molecule has 37 heavy (non-hydrogen) atoms. The third-order valence-corrected chi connectivity index (χ3v) is 7.22. The van der Waals surface area contributed by atoms with E-state index >= 15 is 0 Å². The minimum Gasteiger partial charge on any atom is -0.490 e. The normalized spacial score (nSPS) is 16.1. The van der Waals surface area contributed by atoms with Crippen LogP contribution in [0.4, 0.5) is 0 Å². The standard InChI is InChI=1S/C29H32N2O5S/c1-6-18(4)36-22-15-14-19(16-23(22)35-8-3)17-24-27(32)31-26(20-12-10-9-11-13-20)25(28(33)34-5)21(7-2)30-29(31)37-24/h9-18,26H,6-8H2,1-5H3/b24-17-/t18-,26+/m1/s1. The molecule has 0 fully saturated rings. The molecule has 8 heteroatoms. The fourth-order valence-corrected chi connectivity index (χ4v) is 5.27. The van der Waals surface area contributed by atoms with E-state index in [1.807, 2.05) is 75.4 Å². The van der Waals surface area contributed by atoms with Crippen LogP contribution in [-0.2, 0) is 9.53 Å². The number of thiazole rings is 1. The van der Waals surface area contributed by atoms with E-state index < -0.39 is 12.0 Å². The summed E-state index contributed by atoms with van der Waals surface area (Å²) >= 11 is 1.30. The lowest BCUT2D eigenvalue weighted by atomic mass is 9.95. The molecule has 0 amide bonds. The number of benzene rings is 2. The monoisotopic (exact) mass is 520 g/mol. The van der Waals surface area contributed by atoms with Crippen LogP contribution in [0.2, 0.25) is 0 Å². The Labute approximate surface area is 220 Å². The maximum Gasteiger partial charge on any atom is 0.338 e. The Morgan fingerprint density at radius 2 is 1.89 bits per heavy atom. The number of rotatable bonds is 9. The van der Waals surface area contributed by atoms with Crippen LogP contribution in [0.1, 0.15) is 57.7 Å². The smallest absolute Gasteiger partial charge is 0.338 e. The van der Waals surface area contributed by atoms with Gasteiger partial charge in [-0.15, -0.1) is 0 Å². The van der Waals surface area contributed by atoms with E-state index in [9.17, 15) is 9.59 Å². The summed E-state index contributed by atoms with van der Waals surface area (Å²) in [5.41, 5.74) is 2.43. The van der Waals surface area contributed by atoms with E-state index in [1.165, 1.54) is 18.4 Å². The average Bonchev–Trinajstić information content (AvgIpc) is 3.23. The maximum absolute atomic E-state index is 13.8. The van der Waals surface area contributed by atoms with Gasteiger partial charge < -0.3 is 14.2 Å². The van der Waals surface area contributed by atoms with Gasteiger partial charge in [0.15, 0.2) is 16.3 Å². The second-order valence-electron chi connectivity index (χ2n) is 8.67. The Kier molecular flexibility index (Phi) is 8.28. The zero-order chi connectivity index (χ0) is 26.5. The van der Waals surface area contributed by atoms with Crippen LogP contribution in [-0.4, -0.2) is 30.4 Å². The van der Waals surface area contributed by atoms with E-state index in [2.05, 4.69) is 6.92 Å². The highest BCUT2D eigenvalue weighted by Crippen LogP contribution is 2.32. The molecule has 0 unspecified atom stereocenters. The Bertz CT molecular complexity index is 1490. The first-order chi connectivity index (χ1) is 17.9. The molecule has 4 rings (SSSR count). The molecule has 2 heterocycles. The number of allylic oxidation sites excluding steroid dienone is 1. The number of hydrogen-bond acceptors (Lipinski definition) is 7. The Balaban J connectivity index is 1.88. The number of carbonyl (C=O) groups excluding carboxylic acids is 1. The van der Waals surface area contributed by atoms with Crippen LogP contribution in [0.5, 0.6) is 11.5 Å². The molecule has 1 aliphatic heterocycles. The van der Waals surface area contributed by atoms with E-state index in [0.29, 0.717) is 45.1 Å². The molecular weight excluding hydrogens is 488 g/mol. The largest absolute Gasteiger partial charge is 0.490 e. The minimum absolute atomic E-state index is 0.0588. The molecular formula is C29H32N2O5S. The Morgan fingerprint density at radius 1 is 1.14 bits per heavy atom. The van der Waals surface area contributed by atoms with Crippen LogP contribution in [0, 0.1) is 0 Å². The number of hydrogen-bond donors (Lipinski definition) is 0. The predicted molar refractivity (Wildman–Crippen MR) is 145 cm³/mol. The highest BCUT2D eigenvalue weighted by Gasteiger charge is 2.33. The van der Waals surface area contributed by atoms with Crippen molar-refractivity contribution in [1.29, 1.82) is 0 Å². The number of ether oxygens (including phenoxy) is 3. The van der Waals surface area contributed by atoms with Gasteiger partial charge in [0, 0.05) is 0 Å². The molecule has 0 spiro atoms. The molecule has 0 aliphatic carbocycles. The zero-order valence-corrected chi connectivity index (χ0v) is 22.6. The molecule has 0 radical (unpaired) electrons. The summed E-state index contributed by atoms with van der Waals surface area (Å²) in [5, 5.41) is 0. The van der Waals surface area contributed by atoms with Crippen LogP contribution in [0.15, 0.2) is 69.6 Å². The molecule has 1 aromatic heterocycles. The van der Waals surface area contributed by atoms with Gasteiger partial charge in [0.1, 0.15) is 0 Å². The van der Waals surface area contributed by atoms with Crippen molar-refractivity contribution in [1.82, 2.24) is 4.57 Å². The number of fused-ring (bicyclic) bond motifs is 1. The first-order valence-corrected chi connectivity index (χ1v) is 13.3. The Hall–Kier alpha value is -3.65. The van der Waals surface area contributed by atoms with Crippen molar-refractivity contribution in [3.05, 3.63) is 90.6 Å². The first-order valence-electron chi connectivity index (χ1n) is 12.5. The van der Waals surface area contributed by atoms with Crippen molar-refractivity contribution in [2.24, 2.45) is 4.99 Å². The third-order valence-electron chi connectivity index (χ3n) is 6.23. The average molecular weight is 521 g/mol. The van der Waals surface area contributed by atoms with Crippen molar-refractivity contribution in [3.63, 3.8) is 0 Å². The quantitative estimate of drug-likeness (QED) is 0.392. The van der Waals surface area contributed by atoms with Crippen molar-refractivity contribution < 1.29 is 19.0 Å². The lowest BCUT2D eigenvalue weighted by Crippen LogP contribution is -2.40. The van der Waals surface area contributed by atoms with Crippen LogP contribution >= 0.6 is 11.3 Å². The lowest BCUT2D eigenvalue weighted by molar-refractivity contribution is -0.136. The molecule has 1 aliphatic rings. The molecule has 2 aromatic carbocycles. The summed E-state index contributed by atoms with van der Waals surface area (Å²) in [6.45, 7) is 8.44. The number of methoxy groups -OCH3 is 1. The first kappa shape index (κ1) is 26.4. The van der Waals surface area contributed by atoms with Crippen LogP contribution in [0.3, 0.4) is 0 Å². The predicted octanol–water partition coefficient (Wildman–Crippen LogP) is 4.37. The van der Waals surface area contributed by atoms with Gasteiger partial charge in [-0.1, -0.05) is 61.6 Å². The van der Waals surface area contributed by atoms with Gasteiger partial charge in [-0.2, -0.15) is 0 Å². The summed E-state index contributed by atoms with van der Waals surface area (Å²) < 4.78 is 19.1. The van der Waals surface area contributed by atoms with Gasteiger partial charge in [0.05, 0.1) is 41.7 Å². The van der Waals surface area contributed by atoms with E-state index in [1.54, 1.807) is 4.57 Å². The summed E-state index contributed by atoms with van der Waals surface area (Å²) in [4.78, 5) is 31.9. The van der Waals surface area contributed by atoms with E-state index in [4.69, 9.17) is 19.2 Å². The number of esters is 1. The minimum atomic E-state index is -0.618. The lowest BCUT2D eigenvalue weighted by Gasteiger charge is -2.25. The van der Waals surface area contributed by atoms with Gasteiger partial charge in [0.25, 0.3) is 5.56 Å². The topological polar surface area (TPSA) is 79.1 Å². The van der Waals surface area contributed by atoms with Gasteiger partial charge in [0.2, 0.25) is 0 Å². The van der Waals surface area contributed by atoms with Crippen molar-refractivity contribution in [2.75, 3.05) is 13.7 Å². The molecule has 0 bridgehead atoms. The summed E-state index contributed by atoms with van der Waals surface area (Å²) in [5.74, 6) is 0.823. The fraction of sp³-hybridized carbons (Fsp3) is 0.345. The van der Waals surface area contributed by atoms with Crippen molar-refractivity contribution in [2.45, 2.75) is 52.7 Å². The second-order valence-corrected chi connectivity index (χ2v) is 9.68. The van der Waals surface area contributed by atoms with Crippen molar-refractivity contribution >= 4 is 23.4 Å². The molecule has 0 saturated heterocycles. The highest BCUT2D eigenvalue weighted by atomic mass is 32.1. The summed E-state index contributed by atoms with van der Waals surface area (Å²) in [6.07, 6.45) is 3.30. The summed E-state index contributed by atoms with van der Waals surface area (Å²) in [7, 11) is 1.35. The van der Waals surface area contributed by atoms with Gasteiger partial charge in [-0.3, -0.25) is 9.36 Å². The van der Waals surface area contributed by atoms with Gasteiger partial charge in [-0.05, 0) is 56.0 Å². The molecule has 194 valence electrons. The molecule has 0 N–H and O–H groups in total. The van der Waals surface area contributed by atoms with Crippen LogP contribution < -0.4 is 24.4 Å². The van der Waals surface area contributed by atoms with Crippen LogP contribution in [0.25, 0.3) is 6.08 Å². The highest BCUT2D eigenvalue weighted by molar-refractivity contribution is 7.07. The van der Waals surface area contributed by atoms with Gasteiger partial charge >= 0.3 is 5.97 Å². The van der Waals surface area contributed by atoms with E-state index in [0.717, 1.165) is 17.5 Å². The number of nitrogens with zero attached hydrogens (tertiary/aromatic N) is 2. The number of aromatic nitrogens is 1. The Morgan fingerprint density at radius 3 is 2.54 bits per heavy atom. The van der Waals surface area contributed by atoms with Gasteiger partial charge in [-0.25, -0.2) is 9.79 Å². The fourth-order valence-electron chi connectivity index (χ4n) is 4.25. The molecule has 7 nitrogen and oxygen atoms in total. The van der Waals surface area contributed by atoms with E-state index in [-0.39, 0.29) is 11.7 Å². The zero-order valence-electron chi connectivity index (χ0n) is 21.8. The summed E-state index contributed by atoms with van der Waals surface area (Å²) in [6, 6.07) is 14.6. The molecule has 0 saturated carbocycles. The SMILES string of the molecule is CCOc1cc(/C=c2\sc3n(c2=O)[C@@H](c2ccccc2)C(C(=O)OC)=C(CC)N=3)ccc1O[C@H](C)CC. The molecule has 2 atom stereocenters. The maximum atomic E-state index is 13.8. The second kappa shape index (κ2) is 11.6. The third kappa shape index (κ3) is 5.39.